The SMILES string of the molecule is CCCCNP(=O)(OC[C@H]1O[C@@H](n2cc(F)c(=O)[nH]c2=O)CC1N=[N+]=[N-])Oc1ccc(Cl)cc1. The smallest absolute Gasteiger partial charge is 0.413 e. The van der Waals surface area contributed by atoms with Gasteiger partial charge in [-0.1, -0.05) is 30.1 Å². The number of hydrogen-bond acceptors (Lipinski definition) is 7. The number of rotatable bonds is 11. The van der Waals surface area contributed by atoms with E-state index in [2.05, 4.69) is 15.1 Å². The first-order chi connectivity index (χ1) is 16.2. The fourth-order valence-corrected chi connectivity index (χ4v) is 4.71. The molecule has 3 rings (SSSR count). The van der Waals surface area contributed by atoms with Gasteiger partial charge in [0.25, 0.3) is 5.56 Å². The summed E-state index contributed by atoms with van der Waals surface area (Å²) in [6.07, 6.45) is 0.273. The van der Waals surface area contributed by atoms with Crippen LogP contribution in [0.2, 0.25) is 5.02 Å². The van der Waals surface area contributed by atoms with Crippen molar-refractivity contribution in [2.75, 3.05) is 13.2 Å². The Hall–Kier alpha value is -2.66. The summed E-state index contributed by atoms with van der Waals surface area (Å²) in [6.45, 7) is 1.98. The van der Waals surface area contributed by atoms with Gasteiger partial charge in [0, 0.05) is 22.9 Å². The topological polar surface area (TPSA) is 160 Å². The van der Waals surface area contributed by atoms with Crippen molar-refractivity contribution in [3.8, 4) is 5.75 Å². The summed E-state index contributed by atoms with van der Waals surface area (Å²) in [5.74, 6) is -0.923. The number of nitrogens with zero attached hydrogens (tertiary/aromatic N) is 4. The molecule has 2 N–H and O–H groups in total. The Morgan fingerprint density at radius 1 is 1.41 bits per heavy atom. The molecule has 1 aromatic heterocycles. The largest absolute Gasteiger partial charge is 0.458 e. The Morgan fingerprint density at radius 3 is 2.82 bits per heavy atom. The van der Waals surface area contributed by atoms with Gasteiger partial charge >= 0.3 is 13.4 Å². The van der Waals surface area contributed by atoms with Crippen LogP contribution in [-0.2, 0) is 13.8 Å². The van der Waals surface area contributed by atoms with Gasteiger partial charge in [-0.25, -0.2) is 14.4 Å². The van der Waals surface area contributed by atoms with Crippen LogP contribution < -0.4 is 20.9 Å². The van der Waals surface area contributed by atoms with E-state index in [1.807, 2.05) is 11.9 Å². The van der Waals surface area contributed by atoms with E-state index in [-0.39, 0.29) is 18.8 Å². The number of benzene rings is 1. The number of aromatic nitrogens is 2. The Kier molecular flexibility index (Phi) is 8.90. The van der Waals surface area contributed by atoms with Crippen LogP contribution in [0.15, 0.2) is 45.2 Å². The van der Waals surface area contributed by atoms with Crippen LogP contribution >= 0.6 is 19.3 Å². The maximum atomic E-state index is 13.7. The zero-order valence-electron chi connectivity index (χ0n) is 18.1. The minimum atomic E-state index is -3.88. The molecule has 15 heteroatoms. The van der Waals surface area contributed by atoms with Crippen molar-refractivity contribution in [1.29, 1.82) is 0 Å². The van der Waals surface area contributed by atoms with Gasteiger partial charge in [-0.15, -0.1) is 0 Å². The van der Waals surface area contributed by atoms with Crippen molar-refractivity contribution >= 4 is 19.3 Å². The number of ether oxygens (including phenoxy) is 1. The molecule has 0 saturated carbocycles. The van der Waals surface area contributed by atoms with Gasteiger partial charge in [0.05, 0.1) is 24.9 Å². The minimum absolute atomic E-state index is 0.00488. The zero-order chi connectivity index (χ0) is 24.7. The van der Waals surface area contributed by atoms with E-state index in [1.165, 1.54) is 12.1 Å². The number of H-pyrrole nitrogens is 1. The lowest BCUT2D eigenvalue weighted by atomic mass is 10.1. The molecule has 0 spiro atoms. The first-order valence-electron chi connectivity index (χ1n) is 10.4. The van der Waals surface area contributed by atoms with Crippen molar-refractivity contribution < 1.29 is 22.7 Å². The number of unbranched alkanes of at least 4 members (excludes halogenated alkanes) is 1. The highest BCUT2D eigenvalue weighted by atomic mass is 35.5. The molecule has 1 aliphatic heterocycles. The van der Waals surface area contributed by atoms with E-state index in [9.17, 15) is 18.5 Å². The lowest BCUT2D eigenvalue weighted by molar-refractivity contribution is -0.0244. The molecule has 2 unspecified atom stereocenters. The Balaban J connectivity index is 1.76. The maximum Gasteiger partial charge on any atom is 0.458 e. The number of azide groups is 1. The lowest BCUT2D eigenvalue weighted by Gasteiger charge is -2.23. The van der Waals surface area contributed by atoms with Crippen molar-refractivity contribution in [2.45, 2.75) is 44.6 Å². The maximum absolute atomic E-state index is 13.7. The fraction of sp³-hybridized carbons (Fsp3) is 0.474. The van der Waals surface area contributed by atoms with Gasteiger partial charge in [0.1, 0.15) is 12.0 Å². The average Bonchev–Trinajstić information content (AvgIpc) is 3.19. The summed E-state index contributed by atoms with van der Waals surface area (Å²) in [5, 5.41) is 6.89. The van der Waals surface area contributed by atoms with Crippen LogP contribution in [-0.4, -0.2) is 34.8 Å². The number of aromatic amines is 1. The molecule has 4 atom stereocenters. The number of halogens is 2. The van der Waals surface area contributed by atoms with Gasteiger partial charge in [-0.2, -0.15) is 4.39 Å². The molecule has 1 saturated heterocycles. The van der Waals surface area contributed by atoms with E-state index in [1.54, 1.807) is 12.1 Å². The third kappa shape index (κ3) is 6.69. The fourth-order valence-electron chi connectivity index (χ4n) is 3.20. The highest BCUT2D eigenvalue weighted by Crippen LogP contribution is 2.45. The summed E-state index contributed by atoms with van der Waals surface area (Å²) in [7, 11) is -3.88. The minimum Gasteiger partial charge on any atom is -0.413 e. The summed E-state index contributed by atoms with van der Waals surface area (Å²) in [6, 6.07) is 5.37. The monoisotopic (exact) mass is 516 g/mol. The van der Waals surface area contributed by atoms with E-state index in [4.69, 9.17) is 30.9 Å². The average molecular weight is 517 g/mol. The normalized spacial score (nSPS) is 21.6. The molecular weight excluding hydrogens is 494 g/mol. The van der Waals surface area contributed by atoms with Crippen molar-refractivity contribution in [1.82, 2.24) is 14.6 Å². The van der Waals surface area contributed by atoms with E-state index < -0.39 is 43.2 Å². The lowest BCUT2D eigenvalue weighted by Crippen LogP contribution is -2.34. The Labute approximate surface area is 198 Å². The van der Waals surface area contributed by atoms with Crippen LogP contribution in [0.5, 0.6) is 5.75 Å². The number of hydrogen-bond donors (Lipinski definition) is 2. The van der Waals surface area contributed by atoms with Crippen molar-refractivity contribution in [3.05, 3.63) is 72.6 Å². The molecule has 1 aliphatic rings. The predicted octanol–water partition coefficient (Wildman–Crippen LogP) is 3.89. The Morgan fingerprint density at radius 2 is 2.15 bits per heavy atom. The second-order valence-electron chi connectivity index (χ2n) is 7.38. The van der Waals surface area contributed by atoms with Crippen LogP contribution in [0.4, 0.5) is 4.39 Å². The van der Waals surface area contributed by atoms with Crippen LogP contribution in [0.25, 0.3) is 10.4 Å². The third-order valence-corrected chi connectivity index (χ3v) is 6.73. The molecule has 1 aromatic carbocycles. The summed E-state index contributed by atoms with van der Waals surface area (Å²) >= 11 is 5.88. The second kappa shape index (κ2) is 11.7. The molecule has 0 radical (unpaired) electrons. The van der Waals surface area contributed by atoms with Gasteiger partial charge in [0.15, 0.2) is 0 Å². The molecule has 2 aromatic rings. The molecule has 12 nitrogen and oxygen atoms in total. The summed E-state index contributed by atoms with van der Waals surface area (Å²) in [5.41, 5.74) is 6.85. The van der Waals surface area contributed by atoms with Gasteiger partial charge in [-0.3, -0.25) is 18.9 Å². The molecule has 184 valence electrons. The highest BCUT2D eigenvalue weighted by molar-refractivity contribution is 7.52. The second-order valence-corrected chi connectivity index (χ2v) is 9.57. The van der Waals surface area contributed by atoms with E-state index in [0.29, 0.717) is 24.2 Å². The first-order valence-corrected chi connectivity index (χ1v) is 12.3. The Bertz CT molecular complexity index is 1200. The molecule has 0 bridgehead atoms. The molecule has 0 amide bonds. The summed E-state index contributed by atoms with van der Waals surface area (Å²) in [4.78, 5) is 28.0. The van der Waals surface area contributed by atoms with E-state index >= 15 is 0 Å². The van der Waals surface area contributed by atoms with E-state index in [0.717, 1.165) is 11.0 Å². The molecule has 2 heterocycles. The molecule has 34 heavy (non-hydrogen) atoms. The number of nitrogens with one attached hydrogen (secondary N) is 2. The molecule has 0 aliphatic carbocycles. The summed E-state index contributed by atoms with van der Waals surface area (Å²) < 4.78 is 44.8. The van der Waals surface area contributed by atoms with Gasteiger partial charge < -0.3 is 9.26 Å². The van der Waals surface area contributed by atoms with Crippen LogP contribution in [0.1, 0.15) is 32.4 Å². The highest BCUT2D eigenvalue weighted by Gasteiger charge is 2.39. The zero-order valence-corrected chi connectivity index (χ0v) is 19.7. The van der Waals surface area contributed by atoms with Gasteiger partial charge in [0.2, 0.25) is 5.82 Å². The predicted molar refractivity (Wildman–Crippen MR) is 121 cm³/mol. The quantitative estimate of drug-likeness (QED) is 0.150. The third-order valence-electron chi connectivity index (χ3n) is 4.92. The standard InChI is InChI=1S/C19H23ClFN6O6P/c1-2-3-8-23-34(30,33-13-6-4-12(20)5-7-13)31-11-16-15(25-26-22)9-17(32-16)27-10-14(21)18(28)24-19(27)29/h4-7,10,15-17H,2-3,8-9,11H2,1H3,(H,23,30)(H,24,28,29)/t15?,16-,17-,34?/m1/s1. The van der Waals surface area contributed by atoms with Crippen molar-refractivity contribution in [2.24, 2.45) is 5.11 Å². The first kappa shape index (κ1) is 26.0. The molecule has 1 fully saturated rings. The van der Waals surface area contributed by atoms with Crippen LogP contribution in [0.3, 0.4) is 0 Å². The van der Waals surface area contributed by atoms with Crippen LogP contribution in [0, 0.1) is 5.82 Å². The van der Waals surface area contributed by atoms with Gasteiger partial charge in [-0.05, 0) is 36.2 Å². The van der Waals surface area contributed by atoms with Crippen molar-refractivity contribution in [3.63, 3.8) is 0 Å². The molecular formula is C19H23ClFN6O6P.